The number of hydrogen-bond donors (Lipinski definition) is 2. The van der Waals surface area contributed by atoms with E-state index in [1.807, 2.05) is 6.92 Å². The fourth-order valence-electron chi connectivity index (χ4n) is 2.03. The van der Waals surface area contributed by atoms with Crippen LogP contribution in [0, 0.1) is 6.92 Å². The average molecular weight is 288 g/mol. The predicted molar refractivity (Wildman–Crippen MR) is 73.0 cm³/mol. The van der Waals surface area contributed by atoms with Gasteiger partial charge in [0.15, 0.2) is 5.82 Å². The molecule has 0 unspecified atom stereocenters. The Bertz CT molecular complexity index is 469. The number of rotatable bonds is 2. The molecule has 0 saturated heterocycles. The second-order valence-electron chi connectivity index (χ2n) is 4.11. The Morgan fingerprint density at radius 3 is 2.89 bits per heavy atom. The maximum absolute atomic E-state index is 11.7. The minimum Gasteiger partial charge on any atom is -0.450 e. The van der Waals surface area contributed by atoms with Gasteiger partial charge in [0.2, 0.25) is 0 Å². The van der Waals surface area contributed by atoms with Crippen LogP contribution < -0.4 is 11.3 Å². The van der Waals surface area contributed by atoms with Crippen LogP contribution in [0.3, 0.4) is 0 Å². The van der Waals surface area contributed by atoms with E-state index in [2.05, 4.69) is 15.6 Å². The van der Waals surface area contributed by atoms with Crippen LogP contribution >= 0.6 is 12.4 Å². The molecule has 8 heteroatoms. The van der Waals surface area contributed by atoms with Gasteiger partial charge in [-0.1, -0.05) is 0 Å². The molecule has 0 atom stereocenters. The third kappa shape index (κ3) is 3.05. The zero-order valence-corrected chi connectivity index (χ0v) is 11.8. The Morgan fingerprint density at radius 2 is 2.26 bits per heavy atom. The van der Waals surface area contributed by atoms with E-state index in [0.717, 1.165) is 16.8 Å². The summed E-state index contributed by atoms with van der Waals surface area (Å²) in [6, 6.07) is 0. The van der Waals surface area contributed by atoms with Crippen molar-refractivity contribution in [2.24, 2.45) is 5.84 Å². The Kier molecular flexibility index (Phi) is 5.31. The number of halogens is 1. The molecular weight excluding hydrogens is 270 g/mol. The summed E-state index contributed by atoms with van der Waals surface area (Å²) in [4.78, 5) is 13.4. The summed E-state index contributed by atoms with van der Waals surface area (Å²) < 4.78 is 5.00. The Hall–Kier alpha value is -1.60. The van der Waals surface area contributed by atoms with Crippen molar-refractivity contribution < 1.29 is 9.53 Å². The minimum absolute atomic E-state index is 0. The molecule has 0 aliphatic carbocycles. The topological polar surface area (TPSA) is 93.4 Å². The van der Waals surface area contributed by atoms with Crippen molar-refractivity contribution in [3.05, 3.63) is 16.8 Å². The second kappa shape index (κ2) is 6.53. The SMILES string of the molecule is CCOC(=O)N1CCc2nnc(NN)c(C)c2C1.Cl. The van der Waals surface area contributed by atoms with Crippen LogP contribution in [0.15, 0.2) is 0 Å². The van der Waals surface area contributed by atoms with Crippen molar-refractivity contribution in [3.63, 3.8) is 0 Å². The molecule has 2 heterocycles. The first-order valence-corrected chi connectivity index (χ1v) is 5.90. The molecule has 0 spiro atoms. The van der Waals surface area contributed by atoms with Gasteiger partial charge in [-0.25, -0.2) is 10.6 Å². The lowest BCUT2D eigenvalue weighted by Gasteiger charge is -2.28. The van der Waals surface area contributed by atoms with Gasteiger partial charge in [-0.05, 0) is 13.8 Å². The maximum Gasteiger partial charge on any atom is 0.410 e. The molecule has 0 aromatic carbocycles. The normalized spacial score (nSPS) is 13.3. The lowest BCUT2D eigenvalue weighted by molar-refractivity contribution is 0.102. The van der Waals surface area contributed by atoms with Crippen molar-refractivity contribution in [2.45, 2.75) is 26.8 Å². The van der Waals surface area contributed by atoms with Gasteiger partial charge in [0.1, 0.15) is 0 Å². The summed E-state index contributed by atoms with van der Waals surface area (Å²) in [6.45, 7) is 5.19. The van der Waals surface area contributed by atoms with Crippen molar-refractivity contribution in [1.29, 1.82) is 0 Å². The van der Waals surface area contributed by atoms with Crippen LogP contribution in [0.2, 0.25) is 0 Å². The third-order valence-corrected chi connectivity index (χ3v) is 3.06. The van der Waals surface area contributed by atoms with Gasteiger partial charge in [-0.2, -0.15) is 5.10 Å². The molecule has 106 valence electrons. The number of nitrogens with zero attached hydrogens (tertiary/aromatic N) is 3. The maximum atomic E-state index is 11.7. The molecule has 1 aliphatic rings. The highest BCUT2D eigenvalue weighted by Crippen LogP contribution is 2.24. The molecule has 0 fully saturated rings. The largest absolute Gasteiger partial charge is 0.450 e. The molecule has 2 rings (SSSR count). The van der Waals surface area contributed by atoms with E-state index in [0.29, 0.717) is 31.9 Å². The molecule has 1 aromatic rings. The van der Waals surface area contributed by atoms with E-state index >= 15 is 0 Å². The highest BCUT2D eigenvalue weighted by molar-refractivity contribution is 5.85. The number of nitrogens with one attached hydrogen (secondary N) is 1. The highest BCUT2D eigenvalue weighted by Gasteiger charge is 2.25. The van der Waals surface area contributed by atoms with Crippen LogP contribution in [0.1, 0.15) is 23.7 Å². The van der Waals surface area contributed by atoms with Gasteiger partial charge < -0.3 is 15.1 Å². The molecule has 1 amide bonds. The first-order valence-electron chi connectivity index (χ1n) is 5.90. The number of nitrogen functional groups attached to an aromatic ring is 1. The minimum atomic E-state index is -0.290. The zero-order valence-electron chi connectivity index (χ0n) is 11.0. The average Bonchev–Trinajstić information content (AvgIpc) is 2.39. The number of aromatic nitrogens is 2. The lowest BCUT2D eigenvalue weighted by Crippen LogP contribution is -2.37. The molecule has 0 saturated carbocycles. The molecule has 1 aliphatic heterocycles. The van der Waals surface area contributed by atoms with Gasteiger partial charge in [-0.3, -0.25) is 0 Å². The molecule has 1 aromatic heterocycles. The predicted octanol–water partition coefficient (Wildman–Crippen LogP) is 1.01. The standard InChI is InChI=1S/C11H17N5O2.ClH/c1-3-18-11(17)16-5-4-9-8(6-16)7(2)10(13-12)15-14-9;/h3-6,12H2,1-2H3,(H,13,15);1H. The summed E-state index contributed by atoms with van der Waals surface area (Å²) >= 11 is 0. The number of nitrogens with two attached hydrogens (primary N) is 1. The van der Waals surface area contributed by atoms with Crippen LogP contribution in [0.4, 0.5) is 10.6 Å². The summed E-state index contributed by atoms with van der Waals surface area (Å²) in [6.07, 6.45) is 0.397. The molecule has 19 heavy (non-hydrogen) atoms. The van der Waals surface area contributed by atoms with Crippen molar-refractivity contribution in [2.75, 3.05) is 18.6 Å². The van der Waals surface area contributed by atoms with Gasteiger partial charge >= 0.3 is 6.09 Å². The summed E-state index contributed by atoms with van der Waals surface area (Å²) in [5.41, 5.74) is 5.35. The highest BCUT2D eigenvalue weighted by atomic mass is 35.5. The third-order valence-electron chi connectivity index (χ3n) is 3.06. The van der Waals surface area contributed by atoms with Gasteiger partial charge in [0.05, 0.1) is 18.8 Å². The Balaban J connectivity index is 0.00000180. The molecule has 0 radical (unpaired) electrons. The van der Waals surface area contributed by atoms with Crippen molar-refractivity contribution in [3.8, 4) is 0 Å². The number of fused-ring (bicyclic) bond motifs is 1. The smallest absolute Gasteiger partial charge is 0.410 e. The monoisotopic (exact) mass is 287 g/mol. The van der Waals surface area contributed by atoms with E-state index in [1.54, 1.807) is 11.8 Å². The number of hydrazine groups is 1. The lowest BCUT2D eigenvalue weighted by atomic mass is 10.0. The second-order valence-corrected chi connectivity index (χ2v) is 4.11. The molecule has 7 nitrogen and oxygen atoms in total. The number of anilines is 1. The number of carbonyl (C=O) groups is 1. The van der Waals surface area contributed by atoms with E-state index in [-0.39, 0.29) is 18.5 Å². The van der Waals surface area contributed by atoms with Crippen molar-refractivity contribution >= 4 is 24.3 Å². The van der Waals surface area contributed by atoms with Crippen LogP contribution in [-0.2, 0) is 17.7 Å². The molecule has 0 bridgehead atoms. The molecular formula is C11H18ClN5O2. The number of amides is 1. The van der Waals surface area contributed by atoms with E-state index in [4.69, 9.17) is 10.6 Å². The van der Waals surface area contributed by atoms with Gasteiger partial charge in [0.25, 0.3) is 0 Å². The number of carbonyl (C=O) groups excluding carboxylic acids is 1. The number of ether oxygens (including phenoxy) is 1. The summed E-state index contributed by atoms with van der Waals surface area (Å²) in [5, 5.41) is 8.11. The fourth-order valence-corrected chi connectivity index (χ4v) is 2.03. The summed E-state index contributed by atoms with van der Waals surface area (Å²) in [5.74, 6) is 5.91. The van der Waals surface area contributed by atoms with E-state index in [1.165, 1.54) is 0 Å². The van der Waals surface area contributed by atoms with E-state index in [9.17, 15) is 4.79 Å². The first-order chi connectivity index (χ1) is 8.67. The quantitative estimate of drug-likeness (QED) is 0.623. The zero-order chi connectivity index (χ0) is 13.1. The van der Waals surface area contributed by atoms with Crippen LogP contribution in [-0.4, -0.2) is 34.3 Å². The Morgan fingerprint density at radius 1 is 1.53 bits per heavy atom. The van der Waals surface area contributed by atoms with Gasteiger partial charge in [0, 0.05) is 24.1 Å². The van der Waals surface area contributed by atoms with Crippen LogP contribution in [0.5, 0.6) is 0 Å². The molecule has 3 N–H and O–H groups in total. The van der Waals surface area contributed by atoms with E-state index < -0.39 is 0 Å². The van der Waals surface area contributed by atoms with Gasteiger partial charge in [-0.15, -0.1) is 17.5 Å². The first kappa shape index (κ1) is 15.5. The fraction of sp³-hybridized carbons (Fsp3) is 0.545. The summed E-state index contributed by atoms with van der Waals surface area (Å²) in [7, 11) is 0. The van der Waals surface area contributed by atoms with Crippen molar-refractivity contribution in [1.82, 2.24) is 15.1 Å². The van der Waals surface area contributed by atoms with Crippen LogP contribution in [0.25, 0.3) is 0 Å². The Labute approximate surface area is 117 Å². The number of hydrogen-bond acceptors (Lipinski definition) is 6.